The van der Waals surface area contributed by atoms with Crippen molar-refractivity contribution in [3.05, 3.63) is 65.7 Å². The van der Waals surface area contributed by atoms with Crippen molar-refractivity contribution in [2.75, 3.05) is 28.4 Å². The monoisotopic (exact) mass is 434 g/mol. The second-order valence-corrected chi connectivity index (χ2v) is 7.26. The second kappa shape index (κ2) is 9.24. The van der Waals surface area contributed by atoms with Crippen molar-refractivity contribution in [1.82, 2.24) is 0 Å². The Morgan fingerprint density at radius 3 is 2.00 bits per heavy atom. The molecule has 0 aliphatic rings. The number of aliphatic hydroxyl groups excluding tert-OH is 1. The van der Waals surface area contributed by atoms with Crippen molar-refractivity contribution in [2.45, 2.75) is 13.2 Å². The second-order valence-electron chi connectivity index (χ2n) is 7.26. The summed E-state index contributed by atoms with van der Waals surface area (Å²) in [6, 6.07) is 17.5. The van der Waals surface area contributed by atoms with Gasteiger partial charge in [-0.2, -0.15) is 0 Å². The molecule has 0 aliphatic carbocycles. The molecule has 0 aromatic heterocycles. The highest BCUT2D eigenvalue weighted by molar-refractivity contribution is 6.14. The van der Waals surface area contributed by atoms with E-state index in [1.54, 1.807) is 28.4 Å². The molecule has 0 atom stereocenters. The molecule has 0 bridgehead atoms. The quantitative estimate of drug-likeness (QED) is 0.389. The standard InChI is InChI=1S/C26H26O6/c1-28-21-13-20-19(12-22(21)32-15-16-8-6-5-7-9-16)18(14-27)10-17-11-23(29-2)25(30-3)26(31-4)24(17)20/h5-13,27H,14-15H2,1-4H3. The van der Waals surface area contributed by atoms with Crippen LogP contribution >= 0.6 is 0 Å². The van der Waals surface area contributed by atoms with E-state index in [4.69, 9.17) is 23.7 Å². The van der Waals surface area contributed by atoms with Gasteiger partial charge in [-0.05, 0) is 51.6 Å². The van der Waals surface area contributed by atoms with Crippen LogP contribution in [-0.4, -0.2) is 33.5 Å². The van der Waals surface area contributed by atoms with Gasteiger partial charge in [-0.25, -0.2) is 0 Å². The summed E-state index contributed by atoms with van der Waals surface area (Å²) in [7, 11) is 6.36. The molecule has 0 heterocycles. The van der Waals surface area contributed by atoms with Crippen molar-refractivity contribution in [2.24, 2.45) is 0 Å². The Morgan fingerprint density at radius 2 is 1.38 bits per heavy atom. The van der Waals surface area contributed by atoms with E-state index in [9.17, 15) is 5.11 Å². The van der Waals surface area contributed by atoms with Crippen LogP contribution in [0.5, 0.6) is 28.7 Å². The molecule has 32 heavy (non-hydrogen) atoms. The fraction of sp³-hybridized carbons (Fsp3) is 0.231. The maximum Gasteiger partial charge on any atom is 0.203 e. The van der Waals surface area contributed by atoms with Crippen LogP contribution in [0.25, 0.3) is 21.5 Å². The molecule has 166 valence electrons. The van der Waals surface area contributed by atoms with Gasteiger partial charge in [-0.15, -0.1) is 0 Å². The summed E-state index contributed by atoms with van der Waals surface area (Å²) in [6.45, 7) is 0.270. The zero-order chi connectivity index (χ0) is 22.7. The van der Waals surface area contributed by atoms with E-state index in [1.807, 2.05) is 54.6 Å². The maximum absolute atomic E-state index is 10.1. The van der Waals surface area contributed by atoms with Crippen LogP contribution in [0.15, 0.2) is 54.6 Å². The Hall–Kier alpha value is -3.64. The summed E-state index contributed by atoms with van der Waals surface area (Å²) in [5, 5.41) is 13.5. The van der Waals surface area contributed by atoms with Gasteiger partial charge >= 0.3 is 0 Å². The third-order valence-electron chi connectivity index (χ3n) is 5.52. The molecule has 0 spiro atoms. The molecule has 4 aromatic rings. The smallest absolute Gasteiger partial charge is 0.203 e. The number of methoxy groups -OCH3 is 4. The van der Waals surface area contributed by atoms with E-state index in [0.29, 0.717) is 35.4 Å². The van der Waals surface area contributed by atoms with Gasteiger partial charge in [-0.3, -0.25) is 0 Å². The van der Waals surface area contributed by atoms with E-state index in [-0.39, 0.29) is 6.61 Å². The topological polar surface area (TPSA) is 66.4 Å². The Morgan fingerprint density at radius 1 is 0.688 bits per heavy atom. The van der Waals surface area contributed by atoms with Gasteiger partial charge in [-0.1, -0.05) is 30.3 Å². The summed E-state index contributed by atoms with van der Waals surface area (Å²) >= 11 is 0. The number of hydrogen-bond acceptors (Lipinski definition) is 6. The molecule has 0 amide bonds. The minimum atomic E-state index is -0.131. The van der Waals surface area contributed by atoms with Crippen LogP contribution in [0.3, 0.4) is 0 Å². The highest BCUT2D eigenvalue weighted by Gasteiger charge is 2.21. The van der Waals surface area contributed by atoms with Gasteiger partial charge in [0.15, 0.2) is 23.0 Å². The van der Waals surface area contributed by atoms with E-state index in [2.05, 4.69) is 0 Å². The maximum atomic E-state index is 10.1. The molecule has 4 aromatic carbocycles. The van der Waals surface area contributed by atoms with Crippen molar-refractivity contribution < 1.29 is 28.8 Å². The molecular formula is C26H26O6. The number of fused-ring (bicyclic) bond motifs is 3. The molecule has 1 N–H and O–H groups in total. The van der Waals surface area contributed by atoms with Crippen molar-refractivity contribution >= 4 is 21.5 Å². The third kappa shape index (κ3) is 3.74. The van der Waals surface area contributed by atoms with Gasteiger partial charge in [0.05, 0.1) is 35.0 Å². The van der Waals surface area contributed by atoms with Crippen molar-refractivity contribution in [3.8, 4) is 28.7 Å². The molecule has 0 aliphatic heterocycles. The molecule has 6 nitrogen and oxygen atoms in total. The Balaban J connectivity index is 1.97. The van der Waals surface area contributed by atoms with E-state index >= 15 is 0 Å². The van der Waals surface area contributed by atoms with Crippen LogP contribution in [0.4, 0.5) is 0 Å². The zero-order valence-corrected chi connectivity index (χ0v) is 18.6. The number of aliphatic hydroxyl groups is 1. The summed E-state index contributed by atoms with van der Waals surface area (Å²) in [4.78, 5) is 0. The Labute approximate surface area is 186 Å². The lowest BCUT2D eigenvalue weighted by Gasteiger charge is -2.19. The predicted octanol–water partition coefficient (Wildman–Crippen LogP) is 5.10. The molecular weight excluding hydrogens is 408 g/mol. The average molecular weight is 434 g/mol. The van der Waals surface area contributed by atoms with E-state index < -0.39 is 0 Å². The number of rotatable bonds is 8. The van der Waals surface area contributed by atoms with Crippen LogP contribution < -0.4 is 23.7 Å². The predicted molar refractivity (Wildman–Crippen MR) is 124 cm³/mol. The first-order valence-corrected chi connectivity index (χ1v) is 10.2. The fourth-order valence-electron chi connectivity index (χ4n) is 4.00. The van der Waals surface area contributed by atoms with Crippen LogP contribution in [0.1, 0.15) is 11.1 Å². The Bertz CT molecular complexity index is 1250. The Kier molecular flexibility index (Phi) is 6.23. The number of hydrogen-bond donors (Lipinski definition) is 1. The molecule has 0 radical (unpaired) electrons. The highest BCUT2D eigenvalue weighted by Crippen LogP contribution is 2.48. The van der Waals surface area contributed by atoms with Crippen LogP contribution in [0.2, 0.25) is 0 Å². The first-order valence-electron chi connectivity index (χ1n) is 10.2. The van der Waals surface area contributed by atoms with Crippen molar-refractivity contribution in [3.63, 3.8) is 0 Å². The van der Waals surface area contributed by atoms with E-state index in [0.717, 1.165) is 32.7 Å². The first-order chi connectivity index (χ1) is 15.6. The molecule has 0 saturated heterocycles. The molecule has 6 heteroatoms. The number of benzene rings is 4. The molecule has 0 saturated carbocycles. The summed E-state index contributed by atoms with van der Waals surface area (Å²) in [5.41, 5.74) is 1.81. The minimum absolute atomic E-state index is 0.131. The largest absolute Gasteiger partial charge is 0.493 e. The fourth-order valence-corrected chi connectivity index (χ4v) is 4.00. The molecule has 0 unspecified atom stereocenters. The zero-order valence-electron chi connectivity index (χ0n) is 18.6. The lowest BCUT2D eigenvalue weighted by molar-refractivity contribution is 0.282. The van der Waals surface area contributed by atoms with Gasteiger partial charge in [0.2, 0.25) is 5.75 Å². The molecule has 4 rings (SSSR count). The van der Waals surface area contributed by atoms with Crippen molar-refractivity contribution in [1.29, 1.82) is 0 Å². The van der Waals surface area contributed by atoms with Gasteiger partial charge in [0.25, 0.3) is 0 Å². The molecule has 0 fully saturated rings. The van der Waals surface area contributed by atoms with Gasteiger partial charge in [0.1, 0.15) is 6.61 Å². The van der Waals surface area contributed by atoms with Gasteiger partial charge in [0, 0.05) is 5.39 Å². The van der Waals surface area contributed by atoms with E-state index in [1.165, 1.54) is 0 Å². The summed E-state index contributed by atoms with van der Waals surface area (Å²) in [5.74, 6) is 2.79. The SMILES string of the molecule is COc1cc2c(cc1OCc1ccccc1)c(CO)cc1cc(OC)c(OC)c(OC)c12. The third-order valence-corrected chi connectivity index (χ3v) is 5.52. The lowest BCUT2D eigenvalue weighted by atomic mass is 9.95. The first kappa shape index (κ1) is 21.6. The minimum Gasteiger partial charge on any atom is -0.493 e. The normalized spacial score (nSPS) is 10.9. The van der Waals surface area contributed by atoms with Crippen LogP contribution in [-0.2, 0) is 13.2 Å². The van der Waals surface area contributed by atoms with Gasteiger partial charge < -0.3 is 28.8 Å². The van der Waals surface area contributed by atoms with Crippen LogP contribution in [0, 0.1) is 0 Å². The summed E-state index contributed by atoms with van der Waals surface area (Å²) < 4.78 is 28.6. The average Bonchev–Trinajstić information content (AvgIpc) is 2.85. The highest BCUT2D eigenvalue weighted by atomic mass is 16.5. The number of ether oxygens (including phenoxy) is 5. The lowest BCUT2D eigenvalue weighted by Crippen LogP contribution is -2.00. The summed E-state index contributed by atoms with van der Waals surface area (Å²) in [6.07, 6.45) is 0.